The van der Waals surface area contributed by atoms with Gasteiger partial charge in [-0.2, -0.15) is 0 Å². The number of hydrogen-bond acceptors (Lipinski definition) is 1. The minimum atomic E-state index is -0.0763. The van der Waals surface area contributed by atoms with E-state index in [1.165, 1.54) is 0 Å². The van der Waals surface area contributed by atoms with Crippen LogP contribution in [0.1, 0.15) is 63.3 Å². The van der Waals surface area contributed by atoms with Crippen LogP contribution in [0.3, 0.4) is 0 Å². The van der Waals surface area contributed by atoms with Gasteiger partial charge >= 0.3 is 0 Å². The molecule has 1 aromatic carbocycles. The van der Waals surface area contributed by atoms with Crippen LogP contribution in [0, 0.1) is 25.1 Å². The van der Waals surface area contributed by atoms with Gasteiger partial charge in [0.25, 0.3) is 0 Å². The van der Waals surface area contributed by atoms with E-state index in [0.717, 1.165) is 36.1 Å². The van der Waals surface area contributed by atoms with Crippen molar-refractivity contribution >= 4 is 0 Å². The van der Waals surface area contributed by atoms with Gasteiger partial charge in [-0.25, -0.2) is 4.39 Å². The summed E-state index contributed by atoms with van der Waals surface area (Å²) in [5.41, 5.74) is 2.91. The van der Waals surface area contributed by atoms with Crippen LogP contribution in [0.2, 0.25) is 0 Å². The van der Waals surface area contributed by atoms with Gasteiger partial charge < -0.3 is 5.32 Å². The van der Waals surface area contributed by atoms with Gasteiger partial charge in [-0.3, -0.25) is 0 Å². The molecule has 1 unspecified atom stereocenters. The van der Waals surface area contributed by atoms with Crippen molar-refractivity contribution in [2.24, 2.45) is 5.41 Å². The van der Waals surface area contributed by atoms with Gasteiger partial charge in [0.1, 0.15) is 5.82 Å². The standard InChI is InChI=1S/C17H28FN/c1-7-9-19-16(17(5,6)8-2)15-13(4)10-12(3)11-14(15)18/h10-11,16,19H,7-9H2,1-6H3. The number of nitrogens with one attached hydrogen (secondary N) is 1. The first-order valence-electron chi connectivity index (χ1n) is 7.33. The second-order valence-corrected chi connectivity index (χ2v) is 6.21. The van der Waals surface area contributed by atoms with Crippen molar-refractivity contribution in [3.8, 4) is 0 Å². The van der Waals surface area contributed by atoms with Gasteiger partial charge in [0.2, 0.25) is 0 Å². The predicted octanol–water partition coefficient (Wildman–Crippen LogP) is 4.92. The molecule has 108 valence electrons. The number of halogens is 1. The van der Waals surface area contributed by atoms with E-state index in [0.29, 0.717) is 0 Å². The van der Waals surface area contributed by atoms with Gasteiger partial charge in [-0.05, 0) is 55.8 Å². The molecule has 0 aliphatic rings. The molecule has 0 spiro atoms. The van der Waals surface area contributed by atoms with Gasteiger partial charge in [0, 0.05) is 11.6 Å². The fourth-order valence-electron chi connectivity index (χ4n) is 2.55. The van der Waals surface area contributed by atoms with Crippen molar-refractivity contribution in [2.45, 2.75) is 60.4 Å². The van der Waals surface area contributed by atoms with Crippen molar-refractivity contribution in [3.05, 3.63) is 34.6 Å². The van der Waals surface area contributed by atoms with Crippen molar-refractivity contribution in [1.82, 2.24) is 5.32 Å². The van der Waals surface area contributed by atoms with Crippen molar-refractivity contribution in [1.29, 1.82) is 0 Å². The Morgan fingerprint density at radius 2 is 1.84 bits per heavy atom. The Kier molecular flexibility index (Phi) is 5.54. The molecule has 0 saturated heterocycles. The topological polar surface area (TPSA) is 12.0 Å². The zero-order chi connectivity index (χ0) is 14.6. The van der Waals surface area contributed by atoms with Crippen LogP contribution in [0.4, 0.5) is 4.39 Å². The third-order valence-corrected chi connectivity index (χ3v) is 4.06. The lowest BCUT2D eigenvalue weighted by Crippen LogP contribution is -2.35. The molecule has 0 bridgehead atoms. The molecule has 1 nitrogen and oxygen atoms in total. The molecule has 1 aromatic rings. The summed E-state index contributed by atoms with van der Waals surface area (Å²) >= 11 is 0. The maximum Gasteiger partial charge on any atom is 0.128 e. The lowest BCUT2D eigenvalue weighted by molar-refractivity contribution is 0.229. The highest BCUT2D eigenvalue weighted by Gasteiger charge is 2.31. The van der Waals surface area contributed by atoms with Crippen molar-refractivity contribution in [3.63, 3.8) is 0 Å². The van der Waals surface area contributed by atoms with E-state index in [2.05, 4.69) is 39.1 Å². The second-order valence-electron chi connectivity index (χ2n) is 6.21. The summed E-state index contributed by atoms with van der Waals surface area (Å²) in [6.45, 7) is 13.6. The third-order valence-electron chi connectivity index (χ3n) is 4.06. The fourth-order valence-corrected chi connectivity index (χ4v) is 2.55. The van der Waals surface area contributed by atoms with E-state index in [9.17, 15) is 4.39 Å². The summed E-state index contributed by atoms with van der Waals surface area (Å²) in [6, 6.07) is 3.79. The Balaban J connectivity index is 3.25. The largest absolute Gasteiger partial charge is 0.309 e. The average Bonchev–Trinajstić information content (AvgIpc) is 2.31. The van der Waals surface area contributed by atoms with Crippen molar-refractivity contribution in [2.75, 3.05) is 6.54 Å². The summed E-state index contributed by atoms with van der Waals surface area (Å²) in [7, 11) is 0. The Bertz CT molecular complexity index is 400. The molecular formula is C17H28FN. The Hall–Kier alpha value is -0.890. The molecule has 0 aromatic heterocycles. The SMILES string of the molecule is CCCNC(c1c(C)cc(C)cc1F)C(C)(C)CC. The van der Waals surface area contributed by atoms with E-state index in [4.69, 9.17) is 0 Å². The van der Waals surface area contributed by atoms with Crippen LogP contribution in [-0.2, 0) is 0 Å². The van der Waals surface area contributed by atoms with Gasteiger partial charge in [0.15, 0.2) is 0 Å². The molecule has 2 heteroatoms. The van der Waals surface area contributed by atoms with E-state index >= 15 is 0 Å². The fraction of sp³-hybridized carbons (Fsp3) is 0.647. The summed E-state index contributed by atoms with van der Waals surface area (Å²) in [4.78, 5) is 0. The lowest BCUT2D eigenvalue weighted by Gasteiger charge is -2.36. The first kappa shape index (κ1) is 16.2. The number of aryl methyl sites for hydroxylation is 2. The maximum absolute atomic E-state index is 14.4. The summed E-state index contributed by atoms with van der Waals surface area (Å²) in [6.07, 6.45) is 2.07. The molecule has 1 N–H and O–H groups in total. The van der Waals surface area contributed by atoms with Gasteiger partial charge in [-0.15, -0.1) is 0 Å². The monoisotopic (exact) mass is 265 g/mol. The lowest BCUT2D eigenvalue weighted by atomic mass is 9.76. The first-order valence-corrected chi connectivity index (χ1v) is 7.33. The average molecular weight is 265 g/mol. The normalized spacial score (nSPS) is 13.6. The zero-order valence-electron chi connectivity index (χ0n) is 13.2. The molecule has 1 rings (SSSR count). The second kappa shape index (κ2) is 6.51. The number of hydrogen-bond donors (Lipinski definition) is 1. The van der Waals surface area contributed by atoms with E-state index in [-0.39, 0.29) is 17.3 Å². The summed E-state index contributed by atoms with van der Waals surface area (Å²) < 4.78 is 14.4. The molecule has 0 heterocycles. The molecule has 0 radical (unpaired) electrons. The molecule has 0 aliphatic heterocycles. The first-order chi connectivity index (χ1) is 8.83. The quantitative estimate of drug-likeness (QED) is 0.770. The summed E-state index contributed by atoms with van der Waals surface area (Å²) in [5.74, 6) is -0.0763. The maximum atomic E-state index is 14.4. The molecule has 19 heavy (non-hydrogen) atoms. The van der Waals surface area contributed by atoms with Crippen LogP contribution in [0.5, 0.6) is 0 Å². The molecule has 0 amide bonds. The van der Waals surface area contributed by atoms with E-state index < -0.39 is 0 Å². The molecule has 0 fully saturated rings. The third kappa shape index (κ3) is 3.79. The smallest absolute Gasteiger partial charge is 0.128 e. The molecule has 0 saturated carbocycles. The Morgan fingerprint density at radius 3 is 2.32 bits per heavy atom. The minimum Gasteiger partial charge on any atom is -0.309 e. The zero-order valence-corrected chi connectivity index (χ0v) is 13.2. The molecule has 0 aliphatic carbocycles. The highest BCUT2D eigenvalue weighted by Crippen LogP contribution is 2.39. The minimum absolute atomic E-state index is 0.0377. The highest BCUT2D eigenvalue weighted by atomic mass is 19.1. The Morgan fingerprint density at radius 1 is 1.21 bits per heavy atom. The van der Waals surface area contributed by atoms with Crippen LogP contribution in [0.25, 0.3) is 0 Å². The molecule has 1 atom stereocenters. The van der Waals surface area contributed by atoms with Crippen LogP contribution < -0.4 is 5.32 Å². The summed E-state index contributed by atoms with van der Waals surface area (Å²) in [5, 5.41) is 3.54. The van der Waals surface area contributed by atoms with Crippen molar-refractivity contribution < 1.29 is 4.39 Å². The highest BCUT2D eigenvalue weighted by molar-refractivity contribution is 5.35. The van der Waals surface area contributed by atoms with E-state index in [1.807, 2.05) is 13.8 Å². The number of benzene rings is 1. The van der Waals surface area contributed by atoms with Crippen LogP contribution >= 0.6 is 0 Å². The van der Waals surface area contributed by atoms with Crippen LogP contribution in [-0.4, -0.2) is 6.54 Å². The van der Waals surface area contributed by atoms with Gasteiger partial charge in [-0.1, -0.05) is 33.8 Å². The predicted molar refractivity (Wildman–Crippen MR) is 81.0 cm³/mol. The molecular weight excluding hydrogens is 237 g/mol. The number of rotatable bonds is 6. The Labute approximate surface area is 117 Å². The van der Waals surface area contributed by atoms with Gasteiger partial charge in [0.05, 0.1) is 0 Å². The van der Waals surface area contributed by atoms with Crippen LogP contribution in [0.15, 0.2) is 12.1 Å². The van der Waals surface area contributed by atoms with E-state index in [1.54, 1.807) is 6.07 Å².